The van der Waals surface area contributed by atoms with E-state index in [-0.39, 0.29) is 6.61 Å². The first-order valence-electron chi connectivity index (χ1n) is 6.68. The van der Waals surface area contributed by atoms with Gasteiger partial charge in [0, 0.05) is 6.61 Å². The molecule has 0 aromatic carbocycles. The van der Waals surface area contributed by atoms with Gasteiger partial charge in [-0.3, -0.25) is 4.79 Å². The van der Waals surface area contributed by atoms with Crippen LogP contribution in [0.2, 0.25) is 0 Å². The summed E-state index contributed by atoms with van der Waals surface area (Å²) in [6.07, 6.45) is -3.64. The molecule has 3 unspecified atom stereocenters. The third kappa shape index (κ3) is 4.65. The van der Waals surface area contributed by atoms with E-state index >= 15 is 0 Å². The first kappa shape index (κ1) is 17.3. The molecule has 0 saturated carbocycles. The minimum absolute atomic E-state index is 0.199. The van der Waals surface area contributed by atoms with E-state index in [0.29, 0.717) is 6.61 Å². The van der Waals surface area contributed by atoms with Gasteiger partial charge in [0.25, 0.3) is 0 Å². The lowest BCUT2D eigenvalue weighted by atomic mass is 9.97. The molecule has 1 saturated heterocycles. The normalized spacial score (nSPS) is 34.0. The van der Waals surface area contributed by atoms with E-state index in [2.05, 4.69) is 5.32 Å². The van der Waals surface area contributed by atoms with Crippen LogP contribution in [0.25, 0.3) is 0 Å². The van der Waals surface area contributed by atoms with Crippen LogP contribution in [0.1, 0.15) is 19.8 Å². The van der Waals surface area contributed by atoms with Crippen LogP contribution >= 0.6 is 0 Å². The van der Waals surface area contributed by atoms with E-state index in [1.54, 1.807) is 0 Å². The molecule has 0 radical (unpaired) electrons. The fraction of sp³-hybridized carbons (Fsp3) is 0.917. The second-order valence-corrected chi connectivity index (χ2v) is 4.73. The van der Waals surface area contributed by atoms with Crippen molar-refractivity contribution in [2.45, 2.75) is 50.4 Å². The van der Waals surface area contributed by atoms with Crippen molar-refractivity contribution < 1.29 is 34.7 Å². The molecule has 5 N–H and O–H groups in total. The van der Waals surface area contributed by atoms with Crippen LogP contribution in [-0.2, 0) is 14.3 Å². The van der Waals surface area contributed by atoms with E-state index in [1.807, 2.05) is 6.92 Å². The summed E-state index contributed by atoms with van der Waals surface area (Å²) in [5.74, 6) is -0.526. The highest BCUT2D eigenvalue weighted by Gasteiger charge is 2.44. The van der Waals surface area contributed by atoms with Crippen molar-refractivity contribution in [2.24, 2.45) is 0 Å². The van der Waals surface area contributed by atoms with Crippen LogP contribution in [-0.4, -0.2) is 76.8 Å². The molecule has 1 aliphatic heterocycles. The van der Waals surface area contributed by atoms with Gasteiger partial charge in [-0.2, -0.15) is 0 Å². The average Bonchev–Trinajstić information content (AvgIpc) is 2.43. The summed E-state index contributed by atoms with van der Waals surface area (Å²) < 4.78 is 10.0. The number of unbranched alkanes of at least 4 members (excludes halogenated alkanes) is 1. The number of carbonyl (C=O) groups excluding carboxylic acids is 1. The van der Waals surface area contributed by atoms with Gasteiger partial charge in [0.15, 0.2) is 6.29 Å². The molecule has 8 heteroatoms. The van der Waals surface area contributed by atoms with E-state index in [9.17, 15) is 20.1 Å². The molecule has 8 nitrogen and oxygen atoms in total. The number of ether oxygens (including phenoxy) is 2. The molecular formula is C12H23NO7. The largest absolute Gasteiger partial charge is 0.394 e. The number of amides is 1. The summed E-state index contributed by atoms with van der Waals surface area (Å²) in [5, 5.41) is 40.4. The molecule has 0 spiro atoms. The van der Waals surface area contributed by atoms with Crippen LogP contribution < -0.4 is 5.32 Å². The number of aliphatic hydroxyl groups excluding tert-OH is 4. The van der Waals surface area contributed by atoms with Crippen molar-refractivity contribution in [2.75, 3.05) is 19.8 Å². The Hall–Kier alpha value is -0.770. The molecule has 1 fully saturated rings. The Balaban J connectivity index is 2.43. The molecule has 1 heterocycles. The Bertz CT molecular complexity index is 302. The van der Waals surface area contributed by atoms with Crippen LogP contribution in [0, 0.1) is 0 Å². The Kier molecular flexibility index (Phi) is 7.35. The summed E-state index contributed by atoms with van der Waals surface area (Å²) in [6, 6.07) is -1.17. The molecule has 0 aliphatic carbocycles. The molecule has 1 rings (SSSR count). The number of aliphatic hydroxyl groups is 4. The van der Waals surface area contributed by atoms with Crippen molar-refractivity contribution in [3.8, 4) is 0 Å². The van der Waals surface area contributed by atoms with Gasteiger partial charge >= 0.3 is 0 Å². The predicted molar refractivity (Wildman–Crippen MR) is 67.6 cm³/mol. The fourth-order valence-electron chi connectivity index (χ4n) is 1.89. The van der Waals surface area contributed by atoms with Crippen LogP contribution in [0.3, 0.4) is 0 Å². The molecule has 0 aromatic heterocycles. The first-order valence-corrected chi connectivity index (χ1v) is 6.68. The summed E-state index contributed by atoms with van der Waals surface area (Å²) in [5.41, 5.74) is 0. The van der Waals surface area contributed by atoms with Gasteiger partial charge in [-0.15, -0.1) is 0 Å². The first-order chi connectivity index (χ1) is 9.51. The molecule has 5 atom stereocenters. The van der Waals surface area contributed by atoms with Crippen LogP contribution in [0.5, 0.6) is 0 Å². The van der Waals surface area contributed by atoms with Gasteiger partial charge in [0.2, 0.25) is 5.91 Å². The summed E-state index contributed by atoms with van der Waals surface area (Å²) in [6.45, 7) is 1.70. The van der Waals surface area contributed by atoms with E-state index in [4.69, 9.17) is 14.6 Å². The lowest BCUT2D eigenvalue weighted by molar-refractivity contribution is -0.254. The van der Waals surface area contributed by atoms with Gasteiger partial charge in [0.05, 0.1) is 6.61 Å². The van der Waals surface area contributed by atoms with Crippen molar-refractivity contribution in [1.82, 2.24) is 5.32 Å². The maximum Gasteiger partial charge on any atom is 0.246 e. The highest BCUT2D eigenvalue weighted by Crippen LogP contribution is 2.19. The molecule has 1 amide bonds. The number of rotatable bonds is 7. The van der Waals surface area contributed by atoms with E-state index < -0.39 is 43.2 Å². The minimum atomic E-state index is -1.51. The van der Waals surface area contributed by atoms with Gasteiger partial charge in [0.1, 0.15) is 31.0 Å². The number of hydrogen-bond donors (Lipinski definition) is 5. The summed E-state index contributed by atoms with van der Waals surface area (Å²) >= 11 is 0. The van der Waals surface area contributed by atoms with E-state index in [0.717, 1.165) is 12.8 Å². The Morgan fingerprint density at radius 3 is 2.60 bits per heavy atom. The van der Waals surface area contributed by atoms with Gasteiger partial charge in [-0.05, 0) is 6.42 Å². The standard InChI is InChI=1S/C12H23NO7/c1-2-3-4-19-6-8(15)13-9-11(17)10(16)7(5-14)20-12(9)18/h7,9-12,14,16-18H,2-6H2,1H3,(H,13,15)/t7?,9?,10-,11?,12-/m1/s1. The average molecular weight is 293 g/mol. The number of carbonyl (C=O) groups is 1. The maximum atomic E-state index is 11.6. The molecule has 20 heavy (non-hydrogen) atoms. The number of nitrogens with one attached hydrogen (secondary N) is 1. The zero-order chi connectivity index (χ0) is 15.1. The Morgan fingerprint density at radius 1 is 1.30 bits per heavy atom. The zero-order valence-corrected chi connectivity index (χ0v) is 11.4. The summed E-state index contributed by atoms with van der Waals surface area (Å²) in [4.78, 5) is 11.6. The highest BCUT2D eigenvalue weighted by atomic mass is 16.6. The zero-order valence-electron chi connectivity index (χ0n) is 11.4. The van der Waals surface area contributed by atoms with Crippen molar-refractivity contribution in [3.05, 3.63) is 0 Å². The highest BCUT2D eigenvalue weighted by molar-refractivity contribution is 5.77. The molecule has 1 aliphatic rings. The smallest absolute Gasteiger partial charge is 0.246 e. The second kappa shape index (κ2) is 8.50. The Labute approximate surface area is 117 Å². The monoisotopic (exact) mass is 293 g/mol. The molecule has 0 bridgehead atoms. The summed E-state index contributed by atoms with van der Waals surface area (Å²) in [7, 11) is 0. The molecule has 0 aromatic rings. The quantitative estimate of drug-likeness (QED) is 0.334. The topological polar surface area (TPSA) is 128 Å². The lowest BCUT2D eigenvalue weighted by Gasteiger charge is -2.40. The minimum Gasteiger partial charge on any atom is -0.394 e. The fourth-order valence-corrected chi connectivity index (χ4v) is 1.89. The predicted octanol–water partition coefficient (Wildman–Crippen LogP) is -2.28. The Morgan fingerprint density at radius 2 is 2.00 bits per heavy atom. The second-order valence-electron chi connectivity index (χ2n) is 4.73. The number of hydrogen-bond acceptors (Lipinski definition) is 7. The van der Waals surface area contributed by atoms with Crippen LogP contribution in [0.15, 0.2) is 0 Å². The SMILES string of the molecule is CCCCOCC(=O)NC1C(O)[C@H](O)C(CO)O[C@H]1O. The van der Waals surface area contributed by atoms with Crippen molar-refractivity contribution in [3.63, 3.8) is 0 Å². The lowest BCUT2D eigenvalue weighted by Crippen LogP contribution is -2.64. The van der Waals surface area contributed by atoms with Gasteiger partial charge < -0.3 is 35.2 Å². The van der Waals surface area contributed by atoms with Crippen molar-refractivity contribution >= 4 is 5.91 Å². The molecular weight excluding hydrogens is 270 g/mol. The third-order valence-corrected chi connectivity index (χ3v) is 3.10. The van der Waals surface area contributed by atoms with E-state index in [1.165, 1.54) is 0 Å². The van der Waals surface area contributed by atoms with Crippen LogP contribution in [0.4, 0.5) is 0 Å². The van der Waals surface area contributed by atoms with Gasteiger partial charge in [-0.1, -0.05) is 13.3 Å². The molecule has 118 valence electrons. The maximum absolute atomic E-state index is 11.6. The third-order valence-electron chi connectivity index (χ3n) is 3.10. The van der Waals surface area contributed by atoms with Gasteiger partial charge in [-0.25, -0.2) is 0 Å². The van der Waals surface area contributed by atoms with Crippen molar-refractivity contribution in [1.29, 1.82) is 0 Å².